The third-order valence-electron chi connectivity index (χ3n) is 18.8. The van der Waals surface area contributed by atoms with E-state index in [4.69, 9.17) is 9.47 Å². The number of ether oxygens (including phenoxy) is 2. The normalized spacial score (nSPS) is 12.7. The summed E-state index contributed by atoms with van der Waals surface area (Å²) in [5.41, 5.74) is 4.63. The Labute approximate surface area is 591 Å². The van der Waals surface area contributed by atoms with Crippen molar-refractivity contribution >= 4 is 43.1 Å². The van der Waals surface area contributed by atoms with Crippen LogP contribution in [-0.2, 0) is 21.7 Å². The molecule has 14 aromatic carbocycles. The van der Waals surface area contributed by atoms with E-state index in [2.05, 4.69) is 149 Å². The van der Waals surface area contributed by atoms with E-state index in [1.54, 1.807) is 72.8 Å². The summed E-state index contributed by atoms with van der Waals surface area (Å²) < 4.78 is 11.5. The first-order valence-electron chi connectivity index (χ1n) is 33.0. The van der Waals surface area contributed by atoms with Gasteiger partial charge in [-0.25, -0.2) is 0 Å². The number of hydrogen-bond acceptors (Lipinski definition) is 14. The molecule has 0 radical (unpaired) electrons. The van der Waals surface area contributed by atoms with Gasteiger partial charge in [0.05, 0.1) is 0 Å². The molecule has 102 heavy (non-hydrogen) atoms. The Balaban J connectivity index is 0.000000123. The average Bonchev–Trinajstić information content (AvgIpc) is 0.749. The van der Waals surface area contributed by atoms with E-state index >= 15 is 0 Å². The zero-order chi connectivity index (χ0) is 73.0. The molecule has 0 saturated carbocycles. The van der Waals surface area contributed by atoms with Crippen LogP contribution < -0.4 is 9.47 Å². The van der Waals surface area contributed by atoms with Gasteiger partial charge in [0.25, 0.3) is 0 Å². The van der Waals surface area contributed by atoms with Crippen LogP contribution in [0, 0.1) is 0 Å². The van der Waals surface area contributed by atoms with Gasteiger partial charge in [0.2, 0.25) is 0 Å². The number of benzene rings is 14. The van der Waals surface area contributed by atoms with Gasteiger partial charge >= 0.3 is 0 Å². The topological polar surface area (TPSA) is 261 Å². The van der Waals surface area contributed by atoms with Crippen molar-refractivity contribution in [1.29, 1.82) is 0 Å². The van der Waals surface area contributed by atoms with Crippen LogP contribution >= 0.6 is 0 Å². The summed E-state index contributed by atoms with van der Waals surface area (Å²) in [5, 5.41) is 126. The standard InChI is InChI=1S/2C15H16O4.2C15H14O3.2C14H10/c2*1-15(2,11-5-3-9(16)7-13(11)18)12-6-4-10(17)8-14(12)19;2*1-15(2)11-5-3-9(16)7-13(11)18-14-8-10(17)4-6-12(14)15;2*1-2-6-12-10-14-8-4-3-7-13(14)9-11(12)5-1/h2*3-8,16-19H,1-2H3;2*3-8,16-17H,1-2H3;2*1-10H. The van der Waals surface area contributed by atoms with Crippen molar-refractivity contribution in [3.8, 4) is 92.0 Å². The molecular weight excluding hydrogens is 1280 g/mol. The van der Waals surface area contributed by atoms with Crippen LogP contribution in [0.5, 0.6) is 92.0 Å². The molecule has 0 aliphatic carbocycles. The van der Waals surface area contributed by atoms with Gasteiger partial charge in [-0.05, 0) is 116 Å². The second-order valence-electron chi connectivity index (χ2n) is 27.3. The predicted octanol–water partition coefficient (Wildman–Crippen LogP) is 20.7. The van der Waals surface area contributed by atoms with Crippen molar-refractivity contribution in [2.45, 2.75) is 77.0 Å². The molecular formula is C88H80O14. The maximum absolute atomic E-state index is 9.94. The molecule has 12 N–H and O–H groups in total. The Morgan fingerprint density at radius 3 is 0.559 bits per heavy atom. The van der Waals surface area contributed by atoms with Crippen molar-refractivity contribution in [2.75, 3.05) is 0 Å². The van der Waals surface area contributed by atoms with Crippen LogP contribution in [0.2, 0.25) is 0 Å². The lowest BCUT2D eigenvalue weighted by Crippen LogP contribution is -2.24. The lowest BCUT2D eigenvalue weighted by atomic mass is 9.76. The van der Waals surface area contributed by atoms with E-state index in [1.807, 2.05) is 52.0 Å². The molecule has 516 valence electrons. The first kappa shape index (κ1) is 70.6. The first-order valence-corrected chi connectivity index (χ1v) is 33.0. The Hall–Kier alpha value is -12.7. The van der Waals surface area contributed by atoms with E-state index in [0.717, 1.165) is 22.3 Å². The number of rotatable bonds is 4. The SMILES string of the molecule is CC(C)(c1ccc(O)cc1O)c1ccc(O)cc1O.CC(C)(c1ccc(O)cc1O)c1ccc(O)cc1O.CC1(C)c2ccc(O)cc2Oc2cc(O)ccc21.CC1(C)c2ccc(O)cc2Oc2cc(O)ccc21.c1ccc2cc3ccccc3cc2c1.c1ccc2cc3ccccc3cc2c1. The molecule has 0 aromatic heterocycles. The summed E-state index contributed by atoms with van der Waals surface area (Å²) in [6.07, 6.45) is 0. The third kappa shape index (κ3) is 15.1. The summed E-state index contributed by atoms with van der Waals surface area (Å²) in [6, 6.07) is 80.8. The highest BCUT2D eigenvalue weighted by molar-refractivity contribution is 5.99. The van der Waals surface area contributed by atoms with E-state index in [-0.39, 0.29) is 79.8 Å². The maximum atomic E-state index is 9.94. The summed E-state index contributed by atoms with van der Waals surface area (Å²) in [7, 11) is 0. The van der Waals surface area contributed by atoms with E-state index in [9.17, 15) is 61.3 Å². The van der Waals surface area contributed by atoms with Crippen LogP contribution in [0.1, 0.15) is 99.9 Å². The van der Waals surface area contributed by atoms with Crippen molar-refractivity contribution in [2.24, 2.45) is 0 Å². The highest BCUT2D eigenvalue weighted by atomic mass is 16.5. The number of phenols is 12. The number of hydrogen-bond donors (Lipinski definition) is 12. The highest BCUT2D eigenvalue weighted by Crippen LogP contribution is 2.52. The van der Waals surface area contributed by atoms with Gasteiger partial charge in [-0.15, -0.1) is 0 Å². The molecule has 0 fully saturated rings. The average molecular weight is 1360 g/mol. The van der Waals surface area contributed by atoms with Crippen LogP contribution in [0.3, 0.4) is 0 Å². The van der Waals surface area contributed by atoms with Crippen molar-refractivity contribution in [3.05, 3.63) is 311 Å². The van der Waals surface area contributed by atoms with Gasteiger partial charge in [0.1, 0.15) is 92.0 Å². The molecule has 0 bridgehead atoms. The fourth-order valence-corrected chi connectivity index (χ4v) is 13.2. The summed E-state index contributed by atoms with van der Waals surface area (Å²) in [6.45, 7) is 15.7. The molecule has 14 aromatic rings. The zero-order valence-corrected chi connectivity index (χ0v) is 57.6. The molecule has 0 unspecified atom stereocenters. The smallest absolute Gasteiger partial charge is 0.135 e. The molecule has 0 spiro atoms. The highest BCUT2D eigenvalue weighted by Gasteiger charge is 2.37. The quantitative estimate of drug-likeness (QED) is 0.0732. The second-order valence-corrected chi connectivity index (χ2v) is 27.3. The van der Waals surface area contributed by atoms with E-state index in [1.165, 1.54) is 91.6 Å². The molecule has 2 aliphatic rings. The fourth-order valence-electron chi connectivity index (χ4n) is 13.2. The largest absolute Gasteiger partial charge is 0.508 e. The molecule has 0 atom stereocenters. The lowest BCUT2D eigenvalue weighted by Gasteiger charge is -2.34. The molecule has 0 saturated heterocycles. The Bertz CT molecular complexity index is 4660. The summed E-state index contributed by atoms with van der Waals surface area (Å²) in [4.78, 5) is 0. The maximum Gasteiger partial charge on any atom is 0.135 e. The number of aromatic hydroxyl groups is 12. The van der Waals surface area contributed by atoms with E-state index < -0.39 is 10.8 Å². The van der Waals surface area contributed by atoms with Crippen LogP contribution in [0.15, 0.2) is 267 Å². The zero-order valence-electron chi connectivity index (χ0n) is 57.6. The third-order valence-corrected chi connectivity index (χ3v) is 18.8. The van der Waals surface area contributed by atoms with Crippen molar-refractivity contribution in [1.82, 2.24) is 0 Å². The minimum absolute atomic E-state index is 0.0213. The summed E-state index contributed by atoms with van der Waals surface area (Å²) in [5.74, 6) is 2.98. The molecule has 0 amide bonds. The minimum atomic E-state index is -0.671. The number of fused-ring (bicyclic) bond motifs is 8. The predicted molar refractivity (Wildman–Crippen MR) is 403 cm³/mol. The second kappa shape index (κ2) is 28.6. The van der Waals surface area contributed by atoms with Crippen molar-refractivity contribution < 1.29 is 70.8 Å². The molecule has 2 heterocycles. The fraction of sp³-hybridized carbons (Fsp3) is 0.136. The van der Waals surface area contributed by atoms with Gasteiger partial charge in [0, 0.05) is 115 Å². The van der Waals surface area contributed by atoms with Crippen LogP contribution in [0.25, 0.3) is 43.1 Å². The lowest BCUT2D eigenvalue weighted by molar-refractivity contribution is 0.402. The van der Waals surface area contributed by atoms with Crippen molar-refractivity contribution in [3.63, 3.8) is 0 Å². The molecule has 14 heteroatoms. The first-order chi connectivity index (χ1) is 48.5. The van der Waals surface area contributed by atoms with Crippen LogP contribution in [-0.4, -0.2) is 61.3 Å². The van der Waals surface area contributed by atoms with Gasteiger partial charge in [-0.3, -0.25) is 0 Å². The Morgan fingerprint density at radius 1 is 0.216 bits per heavy atom. The molecule has 16 rings (SSSR count). The Morgan fingerprint density at radius 2 is 0.382 bits per heavy atom. The van der Waals surface area contributed by atoms with Gasteiger partial charge in [-0.2, -0.15) is 0 Å². The van der Waals surface area contributed by atoms with Gasteiger partial charge in [-0.1, -0.05) is 201 Å². The number of phenolic OH excluding ortho intramolecular Hbond substituents is 12. The molecule has 14 nitrogen and oxygen atoms in total. The Kier molecular flexibility index (Phi) is 19.8. The molecule has 2 aliphatic heterocycles. The summed E-state index contributed by atoms with van der Waals surface area (Å²) >= 11 is 0. The van der Waals surface area contributed by atoms with Gasteiger partial charge < -0.3 is 70.8 Å². The minimum Gasteiger partial charge on any atom is -0.508 e. The van der Waals surface area contributed by atoms with Gasteiger partial charge in [0.15, 0.2) is 0 Å². The monoisotopic (exact) mass is 1360 g/mol. The van der Waals surface area contributed by atoms with Crippen LogP contribution in [0.4, 0.5) is 0 Å². The van der Waals surface area contributed by atoms with E-state index in [0.29, 0.717) is 45.3 Å².